The molecule has 29 heavy (non-hydrogen) atoms. The lowest BCUT2D eigenvalue weighted by Gasteiger charge is -2.20. The van der Waals surface area contributed by atoms with Gasteiger partial charge in [0.25, 0.3) is 0 Å². The molecule has 1 aliphatic rings. The number of carbonyl (C=O) groups is 1. The van der Waals surface area contributed by atoms with E-state index in [1.54, 1.807) is 4.90 Å². The molecule has 0 saturated heterocycles. The third-order valence-corrected chi connectivity index (χ3v) is 5.33. The van der Waals surface area contributed by atoms with E-state index in [4.69, 9.17) is 0 Å². The Labute approximate surface area is 166 Å². The van der Waals surface area contributed by atoms with Gasteiger partial charge in [-0.15, -0.1) is 0 Å². The molecule has 3 aromatic rings. The smallest absolute Gasteiger partial charge is 0.227 e. The molecule has 150 valence electrons. The number of carbonyl (C=O) groups excluding carboxylic acids is 1. The monoisotopic (exact) mass is 399 g/mol. The summed E-state index contributed by atoms with van der Waals surface area (Å²) in [7, 11) is 0. The molecule has 0 saturated carbocycles. The molecule has 0 bridgehead atoms. The van der Waals surface area contributed by atoms with Gasteiger partial charge in [0, 0.05) is 54.0 Å². The molecule has 1 N–H and O–H groups in total. The summed E-state index contributed by atoms with van der Waals surface area (Å²) in [5.41, 5.74) is 4.65. The average Bonchev–Trinajstić information content (AvgIpc) is 2.96. The van der Waals surface area contributed by atoms with E-state index in [0.717, 1.165) is 28.1 Å². The predicted molar refractivity (Wildman–Crippen MR) is 103 cm³/mol. The fourth-order valence-corrected chi connectivity index (χ4v) is 3.69. The topological polar surface area (TPSA) is 49.0 Å². The SMILES string of the molecule is Cc1ccc(-c2n[nH]c3c2CCN(C(=O)Cc2c(F)cc(F)cc2F)CC3)cc1. The largest absolute Gasteiger partial charge is 0.342 e. The Morgan fingerprint density at radius 3 is 2.41 bits per heavy atom. The van der Waals surface area contributed by atoms with Crippen LogP contribution in [-0.2, 0) is 24.1 Å². The van der Waals surface area contributed by atoms with Crippen LogP contribution in [0, 0.1) is 24.4 Å². The first kappa shape index (κ1) is 19.2. The van der Waals surface area contributed by atoms with Crippen LogP contribution in [0.25, 0.3) is 11.3 Å². The maximum atomic E-state index is 13.9. The molecule has 4 rings (SSSR count). The zero-order chi connectivity index (χ0) is 20.5. The van der Waals surface area contributed by atoms with Gasteiger partial charge in [0.2, 0.25) is 5.91 Å². The number of aromatic nitrogens is 2. The molecule has 1 aromatic heterocycles. The predicted octanol–water partition coefficient (Wildman–Crippen LogP) is 3.97. The molecule has 0 fully saturated rings. The van der Waals surface area contributed by atoms with Crippen molar-refractivity contribution in [2.75, 3.05) is 13.1 Å². The lowest BCUT2D eigenvalue weighted by atomic mass is 10.0. The Morgan fingerprint density at radius 2 is 1.72 bits per heavy atom. The van der Waals surface area contributed by atoms with E-state index in [2.05, 4.69) is 10.2 Å². The summed E-state index contributed by atoms with van der Waals surface area (Å²) >= 11 is 0. The molecule has 2 aromatic carbocycles. The van der Waals surface area contributed by atoms with Crippen LogP contribution in [0.2, 0.25) is 0 Å². The molecule has 2 heterocycles. The summed E-state index contributed by atoms with van der Waals surface area (Å²) in [6.07, 6.45) is 0.735. The molecule has 0 atom stereocenters. The number of fused-ring (bicyclic) bond motifs is 1. The number of halogens is 3. The first-order valence-corrected chi connectivity index (χ1v) is 9.46. The molecular formula is C22H20F3N3O. The maximum Gasteiger partial charge on any atom is 0.227 e. The molecule has 4 nitrogen and oxygen atoms in total. The Bertz CT molecular complexity index is 1040. The number of aryl methyl sites for hydroxylation is 1. The van der Waals surface area contributed by atoms with E-state index in [1.165, 1.54) is 0 Å². The quantitative estimate of drug-likeness (QED) is 0.725. The van der Waals surface area contributed by atoms with Gasteiger partial charge in [0.1, 0.15) is 17.5 Å². The highest BCUT2D eigenvalue weighted by molar-refractivity contribution is 5.79. The van der Waals surface area contributed by atoms with Gasteiger partial charge in [0.05, 0.1) is 12.1 Å². The number of rotatable bonds is 3. The Morgan fingerprint density at radius 1 is 1.07 bits per heavy atom. The Hall–Kier alpha value is -3.09. The highest BCUT2D eigenvalue weighted by Gasteiger charge is 2.24. The summed E-state index contributed by atoms with van der Waals surface area (Å²) in [6.45, 7) is 2.87. The van der Waals surface area contributed by atoms with Crippen molar-refractivity contribution >= 4 is 5.91 Å². The minimum atomic E-state index is -1.04. The van der Waals surface area contributed by atoms with Gasteiger partial charge in [0.15, 0.2) is 0 Å². The number of hydrogen-bond acceptors (Lipinski definition) is 2. The van der Waals surface area contributed by atoms with Crippen molar-refractivity contribution in [3.8, 4) is 11.3 Å². The van der Waals surface area contributed by atoms with Crippen molar-refractivity contribution in [3.63, 3.8) is 0 Å². The number of nitrogens with zero attached hydrogens (tertiary/aromatic N) is 2. The van der Waals surface area contributed by atoms with Crippen molar-refractivity contribution in [2.24, 2.45) is 0 Å². The van der Waals surface area contributed by atoms with E-state index >= 15 is 0 Å². The highest BCUT2D eigenvalue weighted by atomic mass is 19.1. The van der Waals surface area contributed by atoms with Crippen LogP contribution >= 0.6 is 0 Å². The number of hydrogen-bond donors (Lipinski definition) is 1. The first-order chi connectivity index (χ1) is 13.9. The van der Waals surface area contributed by atoms with Crippen LogP contribution in [0.15, 0.2) is 36.4 Å². The van der Waals surface area contributed by atoms with Crippen LogP contribution in [-0.4, -0.2) is 34.1 Å². The standard InChI is InChI=1S/C22H20F3N3O/c1-13-2-4-14(5-3-13)22-16-6-8-28(9-7-20(16)26-27-22)21(29)12-17-18(24)10-15(23)11-19(17)25/h2-5,10-11H,6-9,12H2,1H3,(H,26,27). The van der Waals surface area contributed by atoms with Crippen LogP contribution in [0.3, 0.4) is 0 Å². The Kier molecular flexibility index (Phi) is 5.13. The van der Waals surface area contributed by atoms with E-state index in [9.17, 15) is 18.0 Å². The van der Waals surface area contributed by atoms with Crippen molar-refractivity contribution in [1.82, 2.24) is 15.1 Å². The first-order valence-electron chi connectivity index (χ1n) is 9.46. The van der Waals surface area contributed by atoms with E-state index in [0.29, 0.717) is 38.1 Å². The van der Waals surface area contributed by atoms with E-state index in [-0.39, 0.29) is 5.91 Å². The highest BCUT2D eigenvalue weighted by Crippen LogP contribution is 2.27. The fourth-order valence-electron chi connectivity index (χ4n) is 3.69. The third-order valence-electron chi connectivity index (χ3n) is 5.33. The number of nitrogens with one attached hydrogen (secondary N) is 1. The van der Waals surface area contributed by atoms with E-state index in [1.807, 2.05) is 31.2 Å². The second-order valence-corrected chi connectivity index (χ2v) is 7.30. The van der Waals surface area contributed by atoms with Gasteiger partial charge in [-0.2, -0.15) is 5.10 Å². The van der Waals surface area contributed by atoms with Gasteiger partial charge in [-0.1, -0.05) is 29.8 Å². The average molecular weight is 399 g/mol. The molecule has 1 amide bonds. The summed E-state index contributed by atoms with van der Waals surface area (Å²) in [4.78, 5) is 14.2. The summed E-state index contributed by atoms with van der Waals surface area (Å²) < 4.78 is 40.9. The third kappa shape index (κ3) is 3.90. The van der Waals surface area contributed by atoms with Gasteiger partial charge < -0.3 is 4.90 Å². The maximum absolute atomic E-state index is 13.9. The zero-order valence-electron chi connectivity index (χ0n) is 15.9. The molecule has 0 aliphatic carbocycles. The zero-order valence-corrected chi connectivity index (χ0v) is 15.9. The molecular weight excluding hydrogens is 379 g/mol. The van der Waals surface area contributed by atoms with Gasteiger partial charge in [-0.05, 0) is 13.3 Å². The fraction of sp³-hybridized carbons (Fsp3) is 0.273. The minimum Gasteiger partial charge on any atom is -0.342 e. The van der Waals surface area contributed by atoms with E-state index < -0.39 is 29.4 Å². The lowest BCUT2D eigenvalue weighted by Crippen LogP contribution is -2.35. The van der Waals surface area contributed by atoms with Gasteiger partial charge in [-0.3, -0.25) is 9.89 Å². The molecule has 0 unspecified atom stereocenters. The molecule has 0 spiro atoms. The number of benzene rings is 2. The lowest BCUT2D eigenvalue weighted by molar-refractivity contribution is -0.130. The second kappa shape index (κ2) is 7.73. The van der Waals surface area contributed by atoms with Gasteiger partial charge in [-0.25, -0.2) is 13.2 Å². The number of amides is 1. The summed E-state index contributed by atoms with van der Waals surface area (Å²) in [5, 5.41) is 7.51. The second-order valence-electron chi connectivity index (χ2n) is 7.30. The normalized spacial score (nSPS) is 13.9. The van der Waals surface area contributed by atoms with Gasteiger partial charge >= 0.3 is 0 Å². The van der Waals surface area contributed by atoms with Crippen LogP contribution < -0.4 is 0 Å². The van der Waals surface area contributed by atoms with Crippen molar-refractivity contribution in [3.05, 3.63) is 76.2 Å². The van der Waals surface area contributed by atoms with Crippen molar-refractivity contribution in [1.29, 1.82) is 0 Å². The van der Waals surface area contributed by atoms with Crippen molar-refractivity contribution < 1.29 is 18.0 Å². The molecule has 7 heteroatoms. The van der Waals surface area contributed by atoms with Crippen LogP contribution in [0.5, 0.6) is 0 Å². The summed E-state index contributed by atoms with van der Waals surface area (Å²) in [6, 6.07) is 9.26. The summed E-state index contributed by atoms with van der Waals surface area (Å²) in [5.74, 6) is -3.46. The number of H-pyrrole nitrogens is 1. The molecule has 0 radical (unpaired) electrons. The number of aromatic amines is 1. The Balaban J connectivity index is 1.50. The minimum absolute atomic E-state index is 0.385. The molecule has 1 aliphatic heterocycles. The van der Waals surface area contributed by atoms with Crippen LogP contribution in [0.4, 0.5) is 13.2 Å². The van der Waals surface area contributed by atoms with Crippen LogP contribution in [0.1, 0.15) is 22.4 Å². The van der Waals surface area contributed by atoms with Crippen molar-refractivity contribution in [2.45, 2.75) is 26.2 Å².